The Hall–Kier alpha value is -1.88. The van der Waals surface area contributed by atoms with Gasteiger partial charge in [-0.05, 0) is 50.4 Å². The van der Waals surface area contributed by atoms with Crippen LogP contribution in [0.1, 0.15) is 36.0 Å². The van der Waals surface area contributed by atoms with Crippen LogP contribution in [0.25, 0.3) is 0 Å². The molecule has 0 aliphatic carbocycles. The van der Waals surface area contributed by atoms with Crippen molar-refractivity contribution < 1.29 is 9.59 Å². The summed E-state index contributed by atoms with van der Waals surface area (Å²) in [4.78, 5) is 23.2. The lowest BCUT2D eigenvalue weighted by atomic mass is 9.93. The lowest BCUT2D eigenvalue weighted by Crippen LogP contribution is -2.28. The van der Waals surface area contributed by atoms with E-state index in [-0.39, 0.29) is 5.91 Å². The number of anilines is 1. The molecule has 0 aromatic heterocycles. The minimum atomic E-state index is -0.528. The third-order valence-electron chi connectivity index (χ3n) is 3.70. The summed E-state index contributed by atoms with van der Waals surface area (Å²) in [7, 11) is 0. The van der Waals surface area contributed by atoms with Crippen molar-refractivity contribution in [2.24, 2.45) is 11.7 Å². The molecule has 5 heteroatoms. The highest BCUT2D eigenvalue weighted by atomic mass is 16.2. The van der Waals surface area contributed by atoms with Crippen LogP contribution in [0.5, 0.6) is 0 Å². The van der Waals surface area contributed by atoms with Crippen LogP contribution in [-0.4, -0.2) is 24.9 Å². The van der Waals surface area contributed by atoms with Crippen LogP contribution < -0.4 is 16.4 Å². The van der Waals surface area contributed by atoms with Crippen molar-refractivity contribution in [3.63, 3.8) is 0 Å². The topological polar surface area (TPSA) is 84.2 Å². The zero-order chi connectivity index (χ0) is 14.4. The number of benzene rings is 1. The summed E-state index contributed by atoms with van der Waals surface area (Å²) in [5, 5.41) is 6.09. The van der Waals surface area contributed by atoms with Gasteiger partial charge in [-0.1, -0.05) is 12.1 Å². The molecule has 1 heterocycles. The van der Waals surface area contributed by atoms with Crippen LogP contribution in [0.3, 0.4) is 0 Å². The Bertz CT molecular complexity index is 482. The number of carbonyl (C=O) groups excluding carboxylic acids is 2. The Morgan fingerprint density at radius 1 is 1.25 bits per heavy atom. The minimum Gasteiger partial charge on any atom is -0.366 e. The number of nitrogens with one attached hydrogen (secondary N) is 2. The van der Waals surface area contributed by atoms with E-state index in [0.29, 0.717) is 23.6 Å². The van der Waals surface area contributed by atoms with Crippen molar-refractivity contribution >= 4 is 17.5 Å². The first-order valence-corrected chi connectivity index (χ1v) is 7.06. The Labute approximate surface area is 118 Å². The maximum absolute atomic E-state index is 12.0. The highest BCUT2D eigenvalue weighted by molar-refractivity contribution is 6.02. The van der Waals surface area contributed by atoms with Gasteiger partial charge in [0, 0.05) is 6.42 Å². The summed E-state index contributed by atoms with van der Waals surface area (Å²) in [6.45, 7) is 2.08. The molecule has 0 unspecified atom stereocenters. The van der Waals surface area contributed by atoms with Gasteiger partial charge in [0.1, 0.15) is 0 Å². The maximum Gasteiger partial charge on any atom is 0.250 e. The Kier molecular flexibility index (Phi) is 5.12. The molecule has 108 valence electrons. The third kappa shape index (κ3) is 4.06. The second-order valence-corrected chi connectivity index (χ2v) is 5.19. The molecule has 1 aromatic rings. The highest BCUT2D eigenvalue weighted by Crippen LogP contribution is 2.19. The maximum atomic E-state index is 12.0. The number of amides is 2. The van der Waals surface area contributed by atoms with E-state index in [9.17, 15) is 9.59 Å². The van der Waals surface area contributed by atoms with E-state index in [4.69, 9.17) is 5.73 Å². The van der Waals surface area contributed by atoms with Gasteiger partial charge in [-0.25, -0.2) is 0 Å². The molecule has 0 radical (unpaired) electrons. The fourth-order valence-corrected chi connectivity index (χ4v) is 2.53. The van der Waals surface area contributed by atoms with Crippen molar-refractivity contribution in [3.05, 3.63) is 29.8 Å². The van der Waals surface area contributed by atoms with Crippen molar-refractivity contribution in [1.82, 2.24) is 5.32 Å². The summed E-state index contributed by atoms with van der Waals surface area (Å²) in [6, 6.07) is 6.81. The standard InChI is InChI=1S/C15H21N3O2/c16-15(20)12-3-1-2-4-13(12)18-14(19)6-5-11-7-9-17-10-8-11/h1-4,11,17H,5-10H2,(H2,16,20)(H,18,19). The molecular weight excluding hydrogens is 254 g/mol. The monoisotopic (exact) mass is 275 g/mol. The quantitative estimate of drug-likeness (QED) is 0.761. The van der Waals surface area contributed by atoms with Gasteiger partial charge in [-0.2, -0.15) is 0 Å². The van der Waals surface area contributed by atoms with E-state index >= 15 is 0 Å². The number of nitrogens with two attached hydrogens (primary N) is 1. The molecule has 1 fully saturated rings. The normalized spacial score (nSPS) is 15.8. The van der Waals surface area contributed by atoms with Crippen LogP contribution in [0.4, 0.5) is 5.69 Å². The van der Waals surface area contributed by atoms with Crippen LogP contribution in [0.15, 0.2) is 24.3 Å². The first-order valence-electron chi connectivity index (χ1n) is 7.06. The number of hydrogen-bond donors (Lipinski definition) is 3. The largest absolute Gasteiger partial charge is 0.366 e. The number of para-hydroxylation sites is 1. The van der Waals surface area contributed by atoms with Gasteiger partial charge in [-0.15, -0.1) is 0 Å². The number of primary amides is 1. The lowest BCUT2D eigenvalue weighted by molar-refractivity contribution is -0.116. The summed E-state index contributed by atoms with van der Waals surface area (Å²) in [5.41, 5.74) is 6.13. The zero-order valence-corrected chi connectivity index (χ0v) is 11.5. The fraction of sp³-hybridized carbons (Fsp3) is 0.467. The zero-order valence-electron chi connectivity index (χ0n) is 11.5. The molecule has 1 saturated heterocycles. The second kappa shape index (κ2) is 7.05. The molecule has 1 aliphatic rings. The van der Waals surface area contributed by atoms with E-state index in [1.807, 2.05) is 0 Å². The first-order chi connectivity index (χ1) is 9.66. The second-order valence-electron chi connectivity index (χ2n) is 5.19. The minimum absolute atomic E-state index is 0.0581. The molecule has 2 amide bonds. The summed E-state index contributed by atoms with van der Waals surface area (Å²) in [5.74, 6) is 0.0323. The summed E-state index contributed by atoms with van der Waals surface area (Å²) >= 11 is 0. The molecular formula is C15H21N3O2. The lowest BCUT2D eigenvalue weighted by Gasteiger charge is -2.22. The van der Waals surface area contributed by atoms with E-state index in [1.165, 1.54) is 0 Å². The summed E-state index contributed by atoms with van der Waals surface area (Å²) in [6.07, 6.45) is 3.64. The number of rotatable bonds is 5. The molecule has 0 spiro atoms. The van der Waals surface area contributed by atoms with Crippen LogP contribution in [0.2, 0.25) is 0 Å². The molecule has 4 N–H and O–H groups in total. The van der Waals surface area contributed by atoms with Gasteiger partial charge in [-0.3, -0.25) is 9.59 Å². The average Bonchev–Trinajstić information content (AvgIpc) is 2.46. The van der Waals surface area contributed by atoms with E-state index in [0.717, 1.165) is 32.4 Å². The van der Waals surface area contributed by atoms with Gasteiger partial charge in [0.2, 0.25) is 5.91 Å². The Morgan fingerprint density at radius 2 is 1.95 bits per heavy atom. The number of carbonyl (C=O) groups is 2. The smallest absolute Gasteiger partial charge is 0.250 e. The Balaban J connectivity index is 1.86. The van der Waals surface area contributed by atoms with Crippen molar-refractivity contribution in [1.29, 1.82) is 0 Å². The third-order valence-corrected chi connectivity index (χ3v) is 3.70. The van der Waals surface area contributed by atoms with Gasteiger partial charge in [0.25, 0.3) is 5.91 Å². The average molecular weight is 275 g/mol. The van der Waals surface area contributed by atoms with Crippen molar-refractivity contribution in [2.75, 3.05) is 18.4 Å². The van der Waals surface area contributed by atoms with Gasteiger partial charge in [0.05, 0.1) is 11.3 Å². The Morgan fingerprint density at radius 3 is 2.65 bits per heavy atom. The molecule has 20 heavy (non-hydrogen) atoms. The van der Waals surface area contributed by atoms with Gasteiger partial charge >= 0.3 is 0 Å². The molecule has 1 aliphatic heterocycles. The predicted molar refractivity (Wildman–Crippen MR) is 78.4 cm³/mol. The molecule has 1 aromatic carbocycles. The molecule has 5 nitrogen and oxygen atoms in total. The van der Waals surface area contributed by atoms with Crippen LogP contribution >= 0.6 is 0 Å². The number of piperidine rings is 1. The highest BCUT2D eigenvalue weighted by Gasteiger charge is 2.15. The summed E-state index contributed by atoms with van der Waals surface area (Å²) < 4.78 is 0. The molecule has 0 saturated carbocycles. The van der Waals surface area contributed by atoms with Crippen molar-refractivity contribution in [2.45, 2.75) is 25.7 Å². The van der Waals surface area contributed by atoms with E-state index in [2.05, 4.69) is 10.6 Å². The van der Waals surface area contributed by atoms with Crippen molar-refractivity contribution in [3.8, 4) is 0 Å². The molecule has 2 rings (SSSR count). The van der Waals surface area contributed by atoms with E-state index < -0.39 is 5.91 Å². The van der Waals surface area contributed by atoms with Gasteiger partial charge in [0.15, 0.2) is 0 Å². The van der Waals surface area contributed by atoms with Crippen LogP contribution in [-0.2, 0) is 4.79 Å². The molecule has 0 atom stereocenters. The van der Waals surface area contributed by atoms with Gasteiger partial charge < -0.3 is 16.4 Å². The number of hydrogen-bond acceptors (Lipinski definition) is 3. The SMILES string of the molecule is NC(=O)c1ccccc1NC(=O)CCC1CCNCC1. The first kappa shape index (κ1) is 14.5. The predicted octanol–water partition coefficient (Wildman–Crippen LogP) is 1.50. The van der Waals surface area contributed by atoms with Crippen LogP contribution in [0, 0.1) is 5.92 Å². The van der Waals surface area contributed by atoms with E-state index in [1.54, 1.807) is 24.3 Å². The fourth-order valence-electron chi connectivity index (χ4n) is 2.53. The molecule has 0 bridgehead atoms.